The Bertz CT molecular complexity index is 1100. The zero-order valence-electron chi connectivity index (χ0n) is 17.2. The second-order valence-corrected chi connectivity index (χ2v) is 8.31. The van der Waals surface area contributed by atoms with Gasteiger partial charge in [-0.1, -0.05) is 37.0 Å². The summed E-state index contributed by atoms with van der Waals surface area (Å²) in [5.41, 5.74) is 13.4. The van der Waals surface area contributed by atoms with Gasteiger partial charge in [0.25, 0.3) is 0 Å². The first-order chi connectivity index (χ1) is 14.7. The predicted octanol–water partition coefficient (Wildman–Crippen LogP) is 3.46. The van der Waals surface area contributed by atoms with Gasteiger partial charge in [0, 0.05) is 16.5 Å². The Morgan fingerprint density at radius 2 is 2.03 bits per heavy atom. The molecule has 1 aromatic carbocycles. The molecule has 11 heteroatoms. The van der Waals surface area contributed by atoms with Gasteiger partial charge < -0.3 is 25.9 Å². The number of carboxylic acid groups (broad SMARTS) is 1. The molecule has 31 heavy (non-hydrogen) atoms. The minimum atomic E-state index is -1.04. The van der Waals surface area contributed by atoms with Gasteiger partial charge in [0.1, 0.15) is 23.1 Å². The molecule has 0 saturated carbocycles. The Kier molecular flexibility index (Phi) is 7.19. The molecule has 2 aromatic heterocycles. The van der Waals surface area contributed by atoms with Crippen LogP contribution in [0, 0.1) is 0 Å². The number of ether oxygens (including phenoxy) is 1. The number of hydrogen-bond acceptors (Lipinski definition) is 7. The summed E-state index contributed by atoms with van der Waals surface area (Å²) in [5.74, 6) is 0.501. The third-order valence-corrected chi connectivity index (χ3v) is 5.26. The maximum Gasteiger partial charge on any atom is 0.320 e. The first-order valence-electron chi connectivity index (χ1n) is 9.74. The van der Waals surface area contributed by atoms with Crippen LogP contribution in [0.2, 0.25) is 10.0 Å². The molecule has 1 atom stereocenters. The lowest BCUT2D eigenvalue weighted by atomic mass is 10.1. The molecule has 0 amide bonds. The Morgan fingerprint density at radius 1 is 1.29 bits per heavy atom. The normalized spacial score (nSPS) is 12.5. The van der Waals surface area contributed by atoms with Crippen molar-refractivity contribution in [3.05, 3.63) is 39.9 Å². The average Bonchev–Trinajstić information content (AvgIpc) is 3.10. The number of imidazole rings is 1. The Labute approximate surface area is 189 Å². The number of nitrogens with zero attached hydrogens (tertiary/aromatic N) is 4. The van der Waals surface area contributed by atoms with Crippen molar-refractivity contribution in [1.82, 2.24) is 19.5 Å². The van der Waals surface area contributed by atoms with E-state index in [0.29, 0.717) is 63.6 Å². The van der Waals surface area contributed by atoms with Crippen LogP contribution in [0.3, 0.4) is 0 Å². The van der Waals surface area contributed by atoms with Gasteiger partial charge in [-0.3, -0.25) is 4.79 Å². The largest absolute Gasteiger partial charge is 0.493 e. The van der Waals surface area contributed by atoms with E-state index in [1.807, 2.05) is 18.4 Å². The van der Waals surface area contributed by atoms with Gasteiger partial charge in [-0.15, -0.1) is 0 Å². The molecule has 2 heterocycles. The molecule has 9 nitrogen and oxygen atoms in total. The van der Waals surface area contributed by atoms with Gasteiger partial charge in [0.15, 0.2) is 11.5 Å². The van der Waals surface area contributed by atoms with E-state index in [-0.39, 0.29) is 12.5 Å². The highest BCUT2D eigenvalue weighted by Crippen LogP contribution is 2.33. The first-order valence-corrected chi connectivity index (χ1v) is 10.5. The molecule has 5 N–H and O–H groups in total. The van der Waals surface area contributed by atoms with E-state index in [4.69, 9.17) is 44.5 Å². The van der Waals surface area contributed by atoms with Gasteiger partial charge in [0.05, 0.1) is 24.5 Å². The quantitative estimate of drug-likeness (QED) is 0.406. The van der Waals surface area contributed by atoms with Crippen LogP contribution >= 0.6 is 23.2 Å². The number of aromatic nitrogens is 4. The average molecular weight is 467 g/mol. The zero-order chi connectivity index (χ0) is 22.7. The number of anilines is 1. The number of aliphatic carboxylic acids is 1. The Hall–Kier alpha value is -2.62. The Balaban J connectivity index is 1.87. The van der Waals surface area contributed by atoms with Gasteiger partial charge in [-0.05, 0) is 25.0 Å². The van der Waals surface area contributed by atoms with Crippen molar-refractivity contribution in [1.29, 1.82) is 0 Å². The number of rotatable bonds is 9. The van der Waals surface area contributed by atoms with Crippen LogP contribution in [0.4, 0.5) is 5.82 Å². The lowest BCUT2D eigenvalue weighted by Crippen LogP contribution is -2.30. The summed E-state index contributed by atoms with van der Waals surface area (Å²) in [5, 5.41) is 9.74. The summed E-state index contributed by atoms with van der Waals surface area (Å²) in [4.78, 5) is 24.1. The molecule has 0 bridgehead atoms. The van der Waals surface area contributed by atoms with Gasteiger partial charge >= 0.3 is 5.97 Å². The van der Waals surface area contributed by atoms with Crippen molar-refractivity contribution in [3.8, 4) is 5.75 Å². The van der Waals surface area contributed by atoms with Crippen molar-refractivity contribution in [2.45, 2.75) is 45.2 Å². The predicted molar refractivity (Wildman–Crippen MR) is 120 cm³/mol. The van der Waals surface area contributed by atoms with Crippen molar-refractivity contribution in [3.63, 3.8) is 0 Å². The van der Waals surface area contributed by atoms with Crippen LogP contribution in [0.25, 0.3) is 11.2 Å². The molecule has 0 saturated heterocycles. The fourth-order valence-electron chi connectivity index (χ4n) is 3.00. The number of fused-ring (bicyclic) bond motifs is 1. The van der Waals surface area contributed by atoms with Crippen molar-refractivity contribution >= 4 is 46.2 Å². The monoisotopic (exact) mass is 466 g/mol. The third kappa shape index (κ3) is 5.36. The topological polar surface area (TPSA) is 142 Å². The van der Waals surface area contributed by atoms with Gasteiger partial charge in [-0.25, -0.2) is 15.0 Å². The SMILES string of the molecule is CC(C)c1nc(N)c2ncn(Cc3c(Cl)cc(Cl)cc3OCCC[C@@H](N)C(=O)O)c2n1. The molecule has 166 valence electrons. The summed E-state index contributed by atoms with van der Waals surface area (Å²) in [6, 6.07) is 2.37. The van der Waals surface area contributed by atoms with Crippen molar-refractivity contribution < 1.29 is 14.6 Å². The second kappa shape index (κ2) is 9.67. The van der Waals surface area contributed by atoms with E-state index < -0.39 is 12.0 Å². The summed E-state index contributed by atoms with van der Waals surface area (Å²) in [6.07, 6.45) is 2.38. The van der Waals surface area contributed by atoms with E-state index in [0.717, 1.165) is 0 Å². The van der Waals surface area contributed by atoms with Crippen LogP contribution < -0.4 is 16.2 Å². The molecular weight excluding hydrogens is 443 g/mol. The van der Waals surface area contributed by atoms with Crippen LogP contribution in [0.1, 0.15) is 44.0 Å². The standard InChI is InChI=1S/C20H24Cl2N6O3/c1-10(2)18-26-17(24)16-19(27-18)28(9-25-16)8-12-13(22)6-11(21)7-15(12)31-5-3-4-14(23)20(29)30/h6-7,9-10,14H,3-5,8,23H2,1-2H3,(H,29,30)(H2,24,26,27)/t14-/m1/s1. The lowest BCUT2D eigenvalue weighted by molar-refractivity contribution is -0.138. The maximum atomic E-state index is 10.9. The maximum absolute atomic E-state index is 10.9. The summed E-state index contributed by atoms with van der Waals surface area (Å²) in [7, 11) is 0. The number of carbonyl (C=O) groups is 1. The van der Waals surface area contributed by atoms with E-state index in [1.54, 1.807) is 18.5 Å². The number of nitrogens with two attached hydrogens (primary N) is 2. The van der Waals surface area contributed by atoms with E-state index >= 15 is 0 Å². The highest BCUT2D eigenvalue weighted by atomic mass is 35.5. The molecule has 0 unspecified atom stereocenters. The number of carboxylic acids is 1. The van der Waals surface area contributed by atoms with E-state index in [2.05, 4.69) is 15.0 Å². The van der Waals surface area contributed by atoms with Crippen LogP contribution in [0.5, 0.6) is 5.75 Å². The third-order valence-electron chi connectivity index (χ3n) is 4.71. The van der Waals surface area contributed by atoms with Crippen molar-refractivity contribution in [2.75, 3.05) is 12.3 Å². The van der Waals surface area contributed by atoms with E-state index in [9.17, 15) is 4.79 Å². The Morgan fingerprint density at radius 3 is 2.71 bits per heavy atom. The molecule has 0 aliphatic rings. The fourth-order valence-corrected chi connectivity index (χ4v) is 3.53. The molecule has 0 fully saturated rings. The lowest BCUT2D eigenvalue weighted by Gasteiger charge is -2.15. The summed E-state index contributed by atoms with van der Waals surface area (Å²) in [6.45, 7) is 4.56. The number of hydrogen-bond donors (Lipinski definition) is 3. The molecule has 0 aliphatic carbocycles. The summed E-state index contributed by atoms with van der Waals surface area (Å²) < 4.78 is 7.69. The first kappa shape index (κ1) is 23.1. The van der Waals surface area contributed by atoms with Gasteiger partial charge in [-0.2, -0.15) is 0 Å². The van der Waals surface area contributed by atoms with Crippen LogP contribution in [-0.2, 0) is 11.3 Å². The minimum Gasteiger partial charge on any atom is -0.493 e. The van der Waals surface area contributed by atoms with Gasteiger partial charge in [0.2, 0.25) is 0 Å². The molecule has 0 radical (unpaired) electrons. The zero-order valence-corrected chi connectivity index (χ0v) is 18.7. The highest BCUT2D eigenvalue weighted by Gasteiger charge is 2.17. The molecular formula is C20H24Cl2N6O3. The smallest absolute Gasteiger partial charge is 0.320 e. The van der Waals surface area contributed by atoms with Crippen LogP contribution in [0.15, 0.2) is 18.5 Å². The fraction of sp³-hybridized carbons (Fsp3) is 0.400. The highest BCUT2D eigenvalue weighted by molar-refractivity contribution is 6.35. The molecule has 3 aromatic rings. The number of benzene rings is 1. The molecule has 0 aliphatic heterocycles. The van der Waals surface area contributed by atoms with Crippen molar-refractivity contribution in [2.24, 2.45) is 5.73 Å². The second-order valence-electron chi connectivity index (χ2n) is 7.47. The summed E-state index contributed by atoms with van der Waals surface area (Å²) >= 11 is 12.6. The molecule has 0 spiro atoms. The van der Waals surface area contributed by atoms with E-state index in [1.165, 1.54) is 0 Å². The van der Waals surface area contributed by atoms with Crippen LogP contribution in [-0.4, -0.2) is 43.2 Å². The minimum absolute atomic E-state index is 0.102. The number of nitrogen functional groups attached to an aromatic ring is 1. The molecule has 3 rings (SSSR count). The number of halogens is 2.